The molecule has 0 atom stereocenters. The maximum absolute atomic E-state index is 12.4. The van der Waals surface area contributed by atoms with Gasteiger partial charge in [-0.15, -0.1) is 0 Å². The lowest BCUT2D eigenvalue weighted by Gasteiger charge is -2.11. The fraction of sp³-hybridized carbons (Fsp3) is 0.143. The average Bonchev–Trinajstić information content (AvgIpc) is 2.71. The molecule has 148 valence electrons. The van der Waals surface area contributed by atoms with Gasteiger partial charge in [-0.25, -0.2) is 9.97 Å². The van der Waals surface area contributed by atoms with Crippen molar-refractivity contribution in [1.82, 2.24) is 9.97 Å². The Balaban J connectivity index is 1.64. The van der Waals surface area contributed by atoms with Gasteiger partial charge >= 0.3 is 0 Å². The molecule has 3 rings (SSSR count). The highest BCUT2D eigenvalue weighted by Crippen LogP contribution is 2.26. The summed E-state index contributed by atoms with van der Waals surface area (Å²) in [4.78, 5) is 31.8. The number of nitrogens with one attached hydrogen (secondary N) is 3. The lowest BCUT2D eigenvalue weighted by atomic mass is 10.2. The van der Waals surface area contributed by atoms with E-state index in [0.717, 1.165) is 5.69 Å². The van der Waals surface area contributed by atoms with Crippen molar-refractivity contribution in [3.8, 4) is 5.75 Å². The molecule has 0 spiro atoms. The molecule has 29 heavy (non-hydrogen) atoms. The maximum Gasteiger partial charge on any atom is 0.275 e. The summed E-state index contributed by atoms with van der Waals surface area (Å²) in [6, 6.07) is 14.3. The first kappa shape index (κ1) is 19.8. The number of rotatable bonds is 7. The minimum Gasteiger partial charge on any atom is -0.492 e. The van der Waals surface area contributed by atoms with Crippen LogP contribution < -0.4 is 20.7 Å². The first-order valence-corrected chi connectivity index (χ1v) is 9.05. The molecule has 0 radical (unpaired) electrons. The average molecular weight is 391 g/mol. The number of carbonyl (C=O) groups excluding carboxylic acids is 2. The van der Waals surface area contributed by atoms with Gasteiger partial charge in [0.2, 0.25) is 5.91 Å². The molecule has 0 aliphatic heterocycles. The first-order valence-electron chi connectivity index (χ1n) is 9.05. The summed E-state index contributed by atoms with van der Waals surface area (Å²) in [5.74, 6) is 0.662. The van der Waals surface area contributed by atoms with Crippen molar-refractivity contribution in [3.05, 3.63) is 66.6 Å². The fourth-order valence-corrected chi connectivity index (χ4v) is 2.53. The van der Waals surface area contributed by atoms with E-state index < -0.39 is 0 Å². The van der Waals surface area contributed by atoms with Gasteiger partial charge in [-0.05, 0) is 43.3 Å². The highest BCUT2D eigenvalue weighted by atomic mass is 16.5. The number of hydrogen-bond donors (Lipinski definition) is 3. The molecule has 2 amide bonds. The molecule has 1 heterocycles. The van der Waals surface area contributed by atoms with Gasteiger partial charge in [0, 0.05) is 18.3 Å². The quantitative estimate of drug-likeness (QED) is 0.565. The first-order chi connectivity index (χ1) is 14.0. The van der Waals surface area contributed by atoms with Gasteiger partial charge < -0.3 is 20.7 Å². The molecule has 0 aliphatic carbocycles. The van der Waals surface area contributed by atoms with Gasteiger partial charge in [-0.1, -0.05) is 12.1 Å². The van der Waals surface area contributed by atoms with Gasteiger partial charge in [-0.3, -0.25) is 9.59 Å². The van der Waals surface area contributed by atoms with Crippen LogP contribution in [0, 0.1) is 0 Å². The Morgan fingerprint density at radius 1 is 0.931 bits per heavy atom. The number of anilines is 4. The predicted molar refractivity (Wildman–Crippen MR) is 112 cm³/mol. The van der Waals surface area contributed by atoms with Gasteiger partial charge in [-0.2, -0.15) is 0 Å². The van der Waals surface area contributed by atoms with E-state index in [2.05, 4.69) is 25.9 Å². The summed E-state index contributed by atoms with van der Waals surface area (Å²) in [5.41, 5.74) is 2.18. The lowest BCUT2D eigenvalue weighted by molar-refractivity contribution is -0.114. The monoisotopic (exact) mass is 391 g/mol. The topological polar surface area (TPSA) is 105 Å². The van der Waals surface area contributed by atoms with Crippen LogP contribution in [0.15, 0.2) is 60.9 Å². The van der Waals surface area contributed by atoms with Gasteiger partial charge in [0.15, 0.2) is 0 Å². The fourth-order valence-electron chi connectivity index (χ4n) is 2.53. The predicted octanol–water partition coefficient (Wildman–Crippen LogP) is 3.83. The van der Waals surface area contributed by atoms with Crippen molar-refractivity contribution in [2.24, 2.45) is 0 Å². The van der Waals surface area contributed by atoms with E-state index in [0.29, 0.717) is 29.5 Å². The largest absolute Gasteiger partial charge is 0.492 e. The van der Waals surface area contributed by atoms with Crippen LogP contribution >= 0.6 is 0 Å². The van der Waals surface area contributed by atoms with Gasteiger partial charge in [0.05, 0.1) is 24.7 Å². The Labute approximate surface area is 168 Å². The summed E-state index contributed by atoms with van der Waals surface area (Å²) in [6.45, 7) is 3.90. The Morgan fingerprint density at radius 3 is 2.24 bits per heavy atom. The van der Waals surface area contributed by atoms with Crippen molar-refractivity contribution in [2.75, 3.05) is 22.6 Å². The number of amides is 2. The number of carbonyl (C=O) groups is 2. The van der Waals surface area contributed by atoms with Crippen LogP contribution in [-0.2, 0) is 4.79 Å². The number of aromatic nitrogens is 2. The second kappa shape index (κ2) is 9.32. The molecule has 0 unspecified atom stereocenters. The highest BCUT2D eigenvalue weighted by Gasteiger charge is 2.10. The molecule has 0 saturated carbocycles. The van der Waals surface area contributed by atoms with E-state index in [-0.39, 0.29) is 17.5 Å². The summed E-state index contributed by atoms with van der Waals surface area (Å²) in [6.07, 6.45) is 2.88. The van der Waals surface area contributed by atoms with E-state index in [9.17, 15) is 9.59 Å². The zero-order valence-electron chi connectivity index (χ0n) is 16.1. The van der Waals surface area contributed by atoms with Crippen LogP contribution in [0.4, 0.5) is 22.9 Å². The van der Waals surface area contributed by atoms with Gasteiger partial charge in [0.25, 0.3) is 5.91 Å². The molecule has 3 N–H and O–H groups in total. The SMILES string of the molecule is CCOc1ccccc1Nc1cnc(C(=O)Nc2ccc(NC(C)=O)cc2)cn1. The third-order valence-electron chi connectivity index (χ3n) is 3.80. The summed E-state index contributed by atoms with van der Waals surface area (Å²) < 4.78 is 5.57. The molecule has 0 saturated heterocycles. The van der Waals surface area contributed by atoms with E-state index in [1.54, 1.807) is 24.3 Å². The minimum atomic E-state index is -0.383. The zero-order valence-corrected chi connectivity index (χ0v) is 16.1. The molecule has 0 fully saturated rings. The smallest absolute Gasteiger partial charge is 0.275 e. The van der Waals surface area contributed by atoms with Crippen molar-refractivity contribution < 1.29 is 14.3 Å². The van der Waals surface area contributed by atoms with E-state index in [4.69, 9.17) is 4.74 Å². The zero-order chi connectivity index (χ0) is 20.6. The second-order valence-electron chi connectivity index (χ2n) is 6.05. The van der Waals surface area contributed by atoms with E-state index in [1.165, 1.54) is 19.3 Å². The number of para-hydroxylation sites is 2. The Morgan fingerprint density at radius 2 is 1.62 bits per heavy atom. The summed E-state index contributed by atoms with van der Waals surface area (Å²) >= 11 is 0. The van der Waals surface area contributed by atoms with Crippen LogP contribution in [0.5, 0.6) is 5.75 Å². The molecule has 0 bridgehead atoms. The van der Waals surface area contributed by atoms with E-state index in [1.807, 2.05) is 31.2 Å². The molecule has 8 heteroatoms. The lowest BCUT2D eigenvalue weighted by Crippen LogP contribution is -2.14. The third-order valence-corrected chi connectivity index (χ3v) is 3.80. The Hall–Kier alpha value is -3.94. The molecule has 2 aromatic carbocycles. The highest BCUT2D eigenvalue weighted by molar-refractivity contribution is 6.02. The normalized spacial score (nSPS) is 10.1. The van der Waals surface area contributed by atoms with Crippen molar-refractivity contribution in [2.45, 2.75) is 13.8 Å². The van der Waals surface area contributed by atoms with Crippen LogP contribution in [0.3, 0.4) is 0 Å². The van der Waals surface area contributed by atoms with Crippen LogP contribution in [0.2, 0.25) is 0 Å². The number of benzene rings is 2. The maximum atomic E-state index is 12.4. The Bertz CT molecular complexity index is 988. The second-order valence-corrected chi connectivity index (χ2v) is 6.05. The molecule has 1 aromatic heterocycles. The summed E-state index contributed by atoms with van der Waals surface area (Å²) in [5, 5.41) is 8.53. The molecule has 0 aliphatic rings. The summed E-state index contributed by atoms with van der Waals surface area (Å²) in [7, 11) is 0. The minimum absolute atomic E-state index is 0.158. The molecule has 3 aromatic rings. The standard InChI is InChI=1S/C21H21N5O3/c1-3-29-19-7-5-4-6-17(19)26-20-13-22-18(12-23-20)21(28)25-16-10-8-15(9-11-16)24-14(2)27/h4-13H,3H2,1-2H3,(H,23,26)(H,24,27)(H,25,28). The van der Waals surface area contributed by atoms with E-state index >= 15 is 0 Å². The van der Waals surface area contributed by atoms with Crippen molar-refractivity contribution >= 4 is 34.7 Å². The molecular weight excluding hydrogens is 370 g/mol. The third kappa shape index (κ3) is 5.52. The number of ether oxygens (including phenoxy) is 1. The van der Waals surface area contributed by atoms with Crippen molar-refractivity contribution in [1.29, 1.82) is 0 Å². The van der Waals surface area contributed by atoms with Crippen molar-refractivity contribution in [3.63, 3.8) is 0 Å². The van der Waals surface area contributed by atoms with Crippen LogP contribution in [0.1, 0.15) is 24.3 Å². The molecule has 8 nitrogen and oxygen atoms in total. The molecular formula is C21H21N5O3. The number of nitrogens with zero attached hydrogens (tertiary/aromatic N) is 2. The number of hydrogen-bond acceptors (Lipinski definition) is 6. The van der Waals surface area contributed by atoms with Crippen LogP contribution in [0.25, 0.3) is 0 Å². The van der Waals surface area contributed by atoms with Crippen LogP contribution in [-0.4, -0.2) is 28.4 Å². The Kier molecular flexibility index (Phi) is 6.36. The van der Waals surface area contributed by atoms with Gasteiger partial charge in [0.1, 0.15) is 17.3 Å².